The summed E-state index contributed by atoms with van der Waals surface area (Å²) in [6.45, 7) is 8.30. The average molecular weight is 336 g/mol. The summed E-state index contributed by atoms with van der Waals surface area (Å²) in [4.78, 5) is 0. The van der Waals surface area contributed by atoms with Crippen LogP contribution in [0.5, 0.6) is 0 Å². The molecule has 0 spiro atoms. The maximum atomic E-state index is 4.44. The average Bonchev–Trinajstić information content (AvgIpc) is 2.88. The molecule has 0 aliphatic carbocycles. The molecular weight excluding hydrogens is 314 g/mol. The maximum absolute atomic E-state index is 4.44. The number of aromatic nitrogens is 2. The monoisotopic (exact) mass is 335 g/mol. The molecule has 0 bridgehead atoms. The lowest BCUT2D eigenvalue weighted by Crippen LogP contribution is -2.21. The Labute approximate surface area is 129 Å². The van der Waals surface area contributed by atoms with Crippen LogP contribution in [-0.4, -0.2) is 16.3 Å². The Hall–Kier alpha value is -1.13. The highest BCUT2D eigenvalue weighted by Crippen LogP contribution is 2.26. The molecule has 0 radical (unpaired) electrons. The minimum atomic E-state index is 0.197. The second-order valence-corrected chi connectivity index (χ2v) is 5.89. The second-order valence-electron chi connectivity index (χ2n) is 5.04. The molecule has 1 unspecified atom stereocenters. The molecule has 0 amide bonds. The quantitative estimate of drug-likeness (QED) is 0.862. The molecule has 0 fully saturated rings. The molecule has 0 saturated heterocycles. The zero-order valence-corrected chi connectivity index (χ0v) is 13.9. The van der Waals surface area contributed by atoms with Crippen LogP contribution in [-0.2, 0) is 6.54 Å². The number of hydrogen-bond acceptors (Lipinski definition) is 2. The first-order valence-corrected chi connectivity index (χ1v) is 7.96. The normalized spacial score (nSPS) is 12.6. The van der Waals surface area contributed by atoms with Gasteiger partial charge < -0.3 is 5.32 Å². The van der Waals surface area contributed by atoms with Gasteiger partial charge in [-0.3, -0.25) is 4.68 Å². The van der Waals surface area contributed by atoms with Gasteiger partial charge in [-0.15, -0.1) is 0 Å². The van der Waals surface area contributed by atoms with E-state index in [9.17, 15) is 0 Å². The predicted molar refractivity (Wildman–Crippen MR) is 86.9 cm³/mol. The maximum Gasteiger partial charge on any atom is 0.0608 e. The first-order chi connectivity index (χ1) is 9.65. The van der Waals surface area contributed by atoms with Crippen molar-refractivity contribution in [2.45, 2.75) is 39.8 Å². The molecule has 0 aliphatic rings. The smallest absolute Gasteiger partial charge is 0.0608 e. The third-order valence-corrected chi connectivity index (χ3v) is 4.23. The molecule has 1 atom stereocenters. The summed E-state index contributed by atoms with van der Waals surface area (Å²) in [7, 11) is 0. The van der Waals surface area contributed by atoms with Gasteiger partial charge in [-0.2, -0.15) is 5.10 Å². The molecule has 0 saturated carbocycles. The topological polar surface area (TPSA) is 29.9 Å². The van der Waals surface area contributed by atoms with E-state index in [2.05, 4.69) is 71.5 Å². The fraction of sp³-hybridized carbons (Fsp3) is 0.438. The van der Waals surface area contributed by atoms with E-state index in [4.69, 9.17) is 0 Å². The Balaban J connectivity index is 2.31. The SMILES string of the molecule is CCCn1cc(C(NCC)c2ccc(C)c(Br)c2)cn1. The van der Waals surface area contributed by atoms with Gasteiger partial charge in [0.15, 0.2) is 0 Å². The third kappa shape index (κ3) is 3.49. The van der Waals surface area contributed by atoms with E-state index in [-0.39, 0.29) is 6.04 Å². The van der Waals surface area contributed by atoms with Crippen molar-refractivity contribution in [2.75, 3.05) is 6.54 Å². The molecule has 4 heteroatoms. The van der Waals surface area contributed by atoms with Crippen molar-refractivity contribution < 1.29 is 0 Å². The lowest BCUT2D eigenvalue weighted by Gasteiger charge is -2.17. The Bertz CT molecular complexity index is 563. The highest BCUT2D eigenvalue weighted by atomic mass is 79.9. The third-order valence-electron chi connectivity index (χ3n) is 3.38. The van der Waals surface area contributed by atoms with Crippen LogP contribution in [0.2, 0.25) is 0 Å². The van der Waals surface area contributed by atoms with Gasteiger partial charge in [0, 0.05) is 22.8 Å². The van der Waals surface area contributed by atoms with E-state index >= 15 is 0 Å². The van der Waals surface area contributed by atoms with Gasteiger partial charge in [0.1, 0.15) is 0 Å². The van der Waals surface area contributed by atoms with Crippen LogP contribution >= 0.6 is 15.9 Å². The van der Waals surface area contributed by atoms with Crippen molar-refractivity contribution in [1.29, 1.82) is 0 Å². The Morgan fingerprint density at radius 2 is 2.10 bits per heavy atom. The van der Waals surface area contributed by atoms with Gasteiger partial charge in [-0.25, -0.2) is 0 Å². The summed E-state index contributed by atoms with van der Waals surface area (Å²) in [5.41, 5.74) is 3.74. The van der Waals surface area contributed by atoms with Crippen LogP contribution in [0.4, 0.5) is 0 Å². The van der Waals surface area contributed by atoms with E-state index in [1.54, 1.807) is 0 Å². The Kier molecular flexibility index (Phi) is 5.38. The van der Waals surface area contributed by atoms with Crippen molar-refractivity contribution in [3.05, 3.63) is 51.8 Å². The van der Waals surface area contributed by atoms with Crippen LogP contribution in [0.1, 0.15) is 43.0 Å². The van der Waals surface area contributed by atoms with Crippen LogP contribution in [0.3, 0.4) is 0 Å². The molecule has 1 heterocycles. The second kappa shape index (κ2) is 7.04. The first-order valence-electron chi connectivity index (χ1n) is 7.17. The number of benzene rings is 1. The minimum absolute atomic E-state index is 0.197. The highest BCUT2D eigenvalue weighted by molar-refractivity contribution is 9.10. The van der Waals surface area contributed by atoms with Gasteiger partial charge in [0.2, 0.25) is 0 Å². The fourth-order valence-electron chi connectivity index (χ4n) is 2.30. The Morgan fingerprint density at radius 3 is 2.75 bits per heavy atom. The largest absolute Gasteiger partial charge is 0.306 e. The molecule has 1 aromatic carbocycles. The molecular formula is C16H22BrN3. The van der Waals surface area contributed by atoms with E-state index in [1.165, 1.54) is 16.7 Å². The van der Waals surface area contributed by atoms with Gasteiger partial charge in [-0.05, 0) is 37.1 Å². The van der Waals surface area contributed by atoms with Crippen molar-refractivity contribution in [3.8, 4) is 0 Å². The number of aryl methyl sites for hydroxylation is 2. The summed E-state index contributed by atoms with van der Waals surface area (Å²) in [5, 5.41) is 7.98. The van der Waals surface area contributed by atoms with Gasteiger partial charge in [0.25, 0.3) is 0 Å². The molecule has 2 aromatic rings. The molecule has 1 aromatic heterocycles. The summed E-state index contributed by atoms with van der Waals surface area (Å²) in [6, 6.07) is 6.73. The molecule has 0 aliphatic heterocycles. The molecule has 1 N–H and O–H groups in total. The van der Waals surface area contributed by atoms with Crippen LogP contribution in [0.25, 0.3) is 0 Å². The first kappa shape index (κ1) is 15.3. The zero-order chi connectivity index (χ0) is 14.5. The highest BCUT2D eigenvalue weighted by Gasteiger charge is 2.15. The van der Waals surface area contributed by atoms with Gasteiger partial charge >= 0.3 is 0 Å². The van der Waals surface area contributed by atoms with Crippen molar-refractivity contribution >= 4 is 15.9 Å². The van der Waals surface area contributed by atoms with E-state index in [0.29, 0.717) is 0 Å². The molecule has 108 valence electrons. The van der Waals surface area contributed by atoms with E-state index < -0.39 is 0 Å². The fourth-order valence-corrected chi connectivity index (χ4v) is 2.70. The lowest BCUT2D eigenvalue weighted by atomic mass is 10.0. The zero-order valence-electron chi connectivity index (χ0n) is 12.4. The minimum Gasteiger partial charge on any atom is -0.306 e. The summed E-state index contributed by atoms with van der Waals surface area (Å²) < 4.78 is 3.17. The standard InChI is InChI=1S/C16H22BrN3/c1-4-8-20-11-14(10-19-20)16(18-5-2)13-7-6-12(3)15(17)9-13/h6-7,9-11,16,18H,4-5,8H2,1-3H3. The predicted octanol–water partition coefficient (Wildman–Crippen LogP) is 4.06. The number of nitrogens with zero attached hydrogens (tertiary/aromatic N) is 2. The van der Waals surface area contributed by atoms with Gasteiger partial charge in [0.05, 0.1) is 12.2 Å². The van der Waals surface area contributed by atoms with Crippen molar-refractivity contribution in [1.82, 2.24) is 15.1 Å². The van der Waals surface area contributed by atoms with Crippen molar-refractivity contribution in [3.63, 3.8) is 0 Å². The summed E-state index contributed by atoms with van der Waals surface area (Å²) >= 11 is 3.62. The molecule has 3 nitrogen and oxygen atoms in total. The van der Waals surface area contributed by atoms with E-state index in [1.807, 2.05) is 10.9 Å². The lowest BCUT2D eigenvalue weighted by molar-refractivity contribution is 0.597. The molecule has 2 rings (SSSR count). The number of hydrogen-bond donors (Lipinski definition) is 1. The molecule has 20 heavy (non-hydrogen) atoms. The van der Waals surface area contributed by atoms with Crippen molar-refractivity contribution in [2.24, 2.45) is 0 Å². The van der Waals surface area contributed by atoms with Crippen LogP contribution < -0.4 is 5.32 Å². The number of halogens is 1. The van der Waals surface area contributed by atoms with Crippen LogP contribution in [0.15, 0.2) is 35.1 Å². The number of nitrogens with one attached hydrogen (secondary N) is 1. The van der Waals surface area contributed by atoms with Crippen LogP contribution in [0, 0.1) is 6.92 Å². The summed E-state index contributed by atoms with van der Waals surface area (Å²) in [5.74, 6) is 0. The Morgan fingerprint density at radius 1 is 1.30 bits per heavy atom. The summed E-state index contributed by atoms with van der Waals surface area (Å²) in [6.07, 6.45) is 5.21. The number of rotatable bonds is 6. The van der Waals surface area contributed by atoms with Gasteiger partial charge in [-0.1, -0.05) is 41.9 Å². The van der Waals surface area contributed by atoms with E-state index in [0.717, 1.165) is 24.0 Å².